The maximum atomic E-state index is 14.4. The maximum Gasteiger partial charge on any atom is 0.155 e. The highest BCUT2D eigenvalue weighted by molar-refractivity contribution is 6.02. The molecule has 0 bridgehead atoms. The molecule has 5 aliphatic carbocycles. The zero-order valence-corrected chi connectivity index (χ0v) is 17.3. The standard InChI is InChI=1S/C30H22O/c31-30-27-22-10-3-1-6-16(22)12-20-14-18-8-5-9-19-15-21-13-17-7-2-4-11-23(17)28(30)26(21)29(24(18)19)25(20)27/h1-11,27-29H,12-15H2. The van der Waals surface area contributed by atoms with E-state index >= 15 is 0 Å². The van der Waals surface area contributed by atoms with E-state index < -0.39 is 0 Å². The van der Waals surface area contributed by atoms with Crippen molar-refractivity contribution in [3.63, 3.8) is 0 Å². The van der Waals surface area contributed by atoms with Crippen molar-refractivity contribution in [2.75, 3.05) is 0 Å². The van der Waals surface area contributed by atoms with Crippen LogP contribution in [0.4, 0.5) is 0 Å². The number of allylic oxidation sites excluding steroid dienone is 4. The summed E-state index contributed by atoms with van der Waals surface area (Å²) in [7, 11) is 0. The van der Waals surface area contributed by atoms with Crippen molar-refractivity contribution < 1.29 is 4.79 Å². The molecule has 2 unspecified atom stereocenters. The molecule has 0 aromatic heterocycles. The maximum absolute atomic E-state index is 14.4. The van der Waals surface area contributed by atoms with Crippen LogP contribution in [0.5, 0.6) is 0 Å². The van der Waals surface area contributed by atoms with Crippen molar-refractivity contribution in [3.05, 3.63) is 128 Å². The predicted molar refractivity (Wildman–Crippen MR) is 121 cm³/mol. The lowest BCUT2D eigenvalue weighted by Gasteiger charge is -2.51. The van der Waals surface area contributed by atoms with Gasteiger partial charge in [0.25, 0.3) is 0 Å². The summed E-state index contributed by atoms with van der Waals surface area (Å²) in [5.74, 6) is 0.572. The van der Waals surface area contributed by atoms with Gasteiger partial charge in [0.15, 0.2) is 5.78 Å². The lowest BCUT2D eigenvalue weighted by Crippen LogP contribution is -2.43. The van der Waals surface area contributed by atoms with Crippen molar-refractivity contribution in [2.45, 2.75) is 43.4 Å². The topological polar surface area (TPSA) is 17.1 Å². The van der Waals surface area contributed by atoms with Crippen LogP contribution in [-0.4, -0.2) is 5.78 Å². The van der Waals surface area contributed by atoms with Gasteiger partial charge in [0.1, 0.15) is 0 Å². The Bertz CT molecular complexity index is 1310. The van der Waals surface area contributed by atoms with Gasteiger partial charge in [0.2, 0.25) is 0 Å². The molecule has 0 spiro atoms. The lowest BCUT2D eigenvalue weighted by molar-refractivity contribution is -0.121. The molecule has 3 aromatic rings. The minimum atomic E-state index is -0.0783. The number of ketones is 1. The van der Waals surface area contributed by atoms with Crippen LogP contribution in [0.25, 0.3) is 0 Å². The smallest absolute Gasteiger partial charge is 0.155 e. The Balaban J connectivity index is 1.49. The fourth-order valence-electron chi connectivity index (χ4n) is 7.49. The van der Waals surface area contributed by atoms with E-state index in [0.717, 1.165) is 25.7 Å². The molecule has 2 atom stereocenters. The third-order valence-corrected chi connectivity index (χ3v) is 8.55. The molecule has 0 aliphatic heterocycles. The van der Waals surface area contributed by atoms with Gasteiger partial charge in [-0.15, -0.1) is 0 Å². The molecule has 3 aromatic carbocycles. The van der Waals surface area contributed by atoms with Gasteiger partial charge in [-0.1, -0.05) is 77.9 Å². The van der Waals surface area contributed by atoms with Gasteiger partial charge >= 0.3 is 0 Å². The second-order valence-corrected chi connectivity index (χ2v) is 9.91. The summed E-state index contributed by atoms with van der Waals surface area (Å²) in [5.41, 5.74) is 15.7. The number of carbonyl (C=O) groups is 1. The minimum Gasteiger partial charge on any atom is -0.298 e. The molecule has 148 valence electrons. The molecule has 8 rings (SSSR count). The number of benzene rings is 3. The molecule has 1 fully saturated rings. The average Bonchev–Trinajstić information content (AvgIpc) is 2.80. The third kappa shape index (κ3) is 1.92. The van der Waals surface area contributed by atoms with Gasteiger partial charge in [-0.05, 0) is 75.8 Å². The van der Waals surface area contributed by atoms with Crippen LogP contribution in [0.3, 0.4) is 0 Å². The Morgan fingerprint density at radius 2 is 0.968 bits per heavy atom. The molecule has 1 saturated carbocycles. The zero-order chi connectivity index (χ0) is 20.3. The summed E-state index contributed by atoms with van der Waals surface area (Å²) in [4.78, 5) is 14.4. The van der Waals surface area contributed by atoms with E-state index in [0.29, 0.717) is 11.7 Å². The summed E-state index contributed by atoms with van der Waals surface area (Å²) in [5, 5.41) is 0. The van der Waals surface area contributed by atoms with Crippen molar-refractivity contribution in [1.82, 2.24) is 0 Å². The molecule has 1 heteroatoms. The van der Waals surface area contributed by atoms with Crippen LogP contribution in [0, 0.1) is 0 Å². The Hall–Kier alpha value is -3.19. The highest BCUT2D eigenvalue weighted by atomic mass is 16.1. The van der Waals surface area contributed by atoms with Gasteiger partial charge < -0.3 is 0 Å². The normalized spacial score (nSPS) is 26.3. The van der Waals surface area contributed by atoms with E-state index in [9.17, 15) is 4.79 Å². The molecule has 0 saturated heterocycles. The third-order valence-electron chi connectivity index (χ3n) is 8.55. The Morgan fingerprint density at radius 1 is 0.516 bits per heavy atom. The SMILES string of the molecule is O=C1C2C3=C(Cc4ccccc42)Cc2cccc4c2C3C2=C(Cc3ccccc3C12)C4. The molecule has 0 N–H and O–H groups in total. The first-order chi connectivity index (χ1) is 15.3. The monoisotopic (exact) mass is 398 g/mol. The predicted octanol–water partition coefficient (Wildman–Crippen LogP) is 5.74. The fraction of sp³-hybridized carbons (Fsp3) is 0.233. The summed E-state index contributed by atoms with van der Waals surface area (Å²) in [6.07, 6.45) is 4.02. The molecular formula is C30H22O. The largest absolute Gasteiger partial charge is 0.298 e. The molecule has 1 nitrogen and oxygen atoms in total. The average molecular weight is 399 g/mol. The van der Waals surface area contributed by atoms with E-state index in [1.54, 1.807) is 5.56 Å². The summed E-state index contributed by atoms with van der Waals surface area (Å²) < 4.78 is 0. The van der Waals surface area contributed by atoms with Crippen LogP contribution in [0.1, 0.15) is 56.7 Å². The first-order valence-corrected chi connectivity index (χ1v) is 11.5. The van der Waals surface area contributed by atoms with E-state index in [1.807, 2.05) is 0 Å². The van der Waals surface area contributed by atoms with Crippen LogP contribution < -0.4 is 0 Å². The summed E-state index contributed by atoms with van der Waals surface area (Å²) in [6.45, 7) is 0. The number of fused-ring (bicyclic) bond motifs is 4. The van der Waals surface area contributed by atoms with Gasteiger partial charge in [0.05, 0.1) is 11.8 Å². The summed E-state index contributed by atoms with van der Waals surface area (Å²) in [6, 6.07) is 24.3. The number of Topliss-reactive ketones (excluding diaryl/α,β-unsaturated/α-hetero) is 1. The van der Waals surface area contributed by atoms with E-state index in [4.69, 9.17) is 0 Å². The molecule has 0 radical (unpaired) electrons. The number of rotatable bonds is 0. The van der Waals surface area contributed by atoms with Crippen molar-refractivity contribution in [1.29, 1.82) is 0 Å². The van der Waals surface area contributed by atoms with Crippen molar-refractivity contribution >= 4 is 5.78 Å². The van der Waals surface area contributed by atoms with Gasteiger partial charge in [-0.25, -0.2) is 0 Å². The lowest BCUT2D eigenvalue weighted by atomic mass is 9.51. The van der Waals surface area contributed by atoms with Crippen LogP contribution in [0.15, 0.2) is 89.0 Å². The molecule has 5 aliphatic rings. The highest BCUT2D eigenvalue weighted by Crippen LogP contribution is 2.62. The van der Waals surface area contributed by atoms with Gasteiger partial charge in [0, 0.05) is 5.92 Å². The number of hydrogen-bond acceptors (Lipinski definition) is 1. The van der Waals surface area contributed by atoms with Crippen LogP contribution in [0.2, 0.25) is 0 Å². The molecule has 31 heavy (non-hydrogen) atoms. The fourth-order valence-corrected chi connectivity index (χ4v) is 7.49. The van der Waals surface area contributed by atoms with E-state index in [2.05, 4.69) is 66.7 Å². The second kappa shape index (κ2) is 5.53. The number of hydrogen-bond donors (Lipinski definition) is 0. The first kappa shape index (κ1) is 16.5. The molecular weight excluding hydrogens is 376 g/mol. The van der Waals surface area contributed by atoms with E-state index in [-0.39, 0.29) is 11.8 Å². The van der Waals surface area contributed by atoms with Crippen molar-refractivity contribution in [2.24, 2.45) is 0 Å². The van der Waals surface area contributed by atoms with Gasteiger partial charge in [-0.3, -0.25) is 4.79 Å². The van der Waals surface area contributed by atoms with E-state index in [1.165, 1.54) is 55.7 Å². The highest BCUT2D eigenvalue weighted by Gasteiger charge is 2.53. The number of carbonyl (C=O) groups excluding carboxylic acids is 1. The Labute approximate surface area is 182 Å². The van der Waals surface area contributed by atoms with Gasteiger partial charge in [-0.2, -0.15) is 0 Å². The molecule has 0 heterocycles. The Morgan fingerprint density at radius 3 is 1.52 bits per heavy atom. The van der Waals surface area contributed by atoms with Crippen molar-refractivity contribution in [3.8, 4) is 0 Å². The quantitative estimate of drug-likeness (QED) is 0.442. The van der Waals surface area contributed by atoms with Crippen LogP contribution >= 0.6 is 0 Å². The first-order valence-electron chi connectivity index (χ1n) is 11.5. The zero-order valence-electron chi connectivity index (χ0n) is 17.3. The summed E-state index contributed by atoms with van der Waals surface area (Å²) >= 11 is 0. The molecule has 0 amide bonds. The van der Waals surface area contributed by atoms with Crippen LogP contribution in [-0.2, 0) is 30.5 Å². The second-order valence-electron chi connectivity index (χ2n) is 9.91. The minimum absolute atomic E-state index is 0.0783. The Kier molecular flexibility index (Phi) is 2.94.